The van der Waals surface area contributed by atoms with E-state index in [-0.39, 0.29) is 0 Å². The van der Waals surface area contributed by atoms with E-state index >= 15 is 0 Å². The summed E-state index contributed by atoms with van der Waals surface area (Å²) in [6.07, 6.45) is 7.19. The van der Waals surface area contributed by atoms with Crippen molar-refractivity contribution in [3.8, 4) is 0 Å². The summed E-state index contributed by atoms with van der Waals surface area (Å²) in [5.41, 5.74) is 1.35. The number of hydrogen-bond acceptors (Lipinski definition) is 3. The molecule has 1 aromatic rings. The molecule has 0 amide bonds. The van der Waals surface area contributed by atoms with E-state index in [1.807, 2.05) is 6.26 Å². The van der Waals surface area contributed by atoms with Gasteiger partial charge in [-0.15, -0.1) is 0 Å². The Morgan fingerprint density at radius 2 is 2.06 bits per heavy atom. The third kappa shape index (κ3) is 3.15. The SMILES string of the molecule is CC1CCN(Cc2occc2CNC2CC2)CC1. The molecule has 1 aromatic heterocycles. The number of hydrogen-bond donors (Lipinski definition) is 1. The molecule has 1 N–H and O–H groups in total. The first-order chi connectivity index (χ1) is 8.81. The first-order valence-electron chi connectivity index (χ1n) is 7.32. The van der Waals surface area contributed by atoms with E-state index in [0.29, 0.717) is 0 Å². The van der Waals surface area contributed by atoms with E-state index < -0.39 is 0 Å². The second-order valence-electron chi connectivity index (χ2n) is 5.98. The topological polar surface area (TPSA) is 28.4 Å². The van der Waals surface area contributed by atoms with Gasteiger partial charge >= 0.3 is 0 Å². The van der Waals surface area contributed by atoms with E-state index in [1.54, 1.807) is 0 Å². The fourth-order valence-electron chi connectivity index (χ4n) is 2.63. The minimum atomic E-state index is 0.767. The van der Waals surface area contributed by atoms with Crippen molar-refractivity contribution in [1.82, 2.24) is 10.2 Å². The Balaban J connectivity index is 1.53. The molecule has 1 saturated carbocycles. The molecule has 2 fully saturated rings. The normalized spacial score (nSPS) is 22.5. The standard InChI is InChI=1S/C15H24N2O/c1-12-4-7-17(8-5-12)11-15-13(6-9-18-15)10-16-14-2-3-14/h6,9,12,14,16H,2-5,7-8,10-11H2,1H3. The van der Waals surface area contributed by atoms with Crippen molar-refractivity contribution in [2.24, 2.45) is 5.92 Å². The molecule has 3 heteroatoms. The summed E-state index contributed by atoms with van der Waals surface area (Å²) in [6.45, 7) is 6.76. The number of piperidine rings is 1. The summed E-state index contributed by atoms with van der Waals surface area (Å²) in [6, 6.07) is 2.89. The molecule has 18 heavy (non-hydrogen) atoms. The number of rotatable bonds is 5. The van der Waals surface area contributed by atoms with Gasteiger partial charge in [0.25, 0.3) is 0 Å². The van der Waals surface area contributed by atoms with Crippen LogP contribution in [0.15, 0.2) is 16.7 Å². The van der Waals surface area contributed by atoms with Crippen molar-refractivity contribution in [3.05, 3.63) is 23.7 Å². The third-order valence-electron chi connectivity index (χ3n) is 4.24. The van der Waals surface area contributed by atoms with Crippen LogP contribution in [0.2, 0.25) is 0 Å². The fourth-order valence-corrected chi connectivity index (χ4v) is 2.63. The molecule has 0 aromatic carbocycles. The van der Waals surface area contributed by atoms with E-state index in [9.17, 15) is 0 Å². The van der Waals surface area contributed by atoms with Crippen LogP contribution >= 0.6 is 0 Å². The highest BCUT2D eigenvalue weighted by molar-refractivity contribution is 5.17. The maximum atomic E-state index is 5.67. The average molecular weight is 248 g/mol. The smallest absolute Gasteiger partial charge is 0.122 e. The molecule has 0 radical (unpaired) electrons. The predicted octanol–water partition coefficient (Wildman–Crippen LogP) is 2.76. The minimum Gasteiger partial charge on any atom is -0.468 e. The molecule has 1 aliphatic carbocycles. The maximum Gasteiger partial charge on any atom is 0.122 e. The Hall–Kier alpha value is -0.800. The lowest BCUT2D eigenvalue weighted by molar-refractivity contribution is 0.173. The van der Waals surface area contributed by atoms with Crippen LogP contribution in [0.3, 0.4) is 0 Å². The summed E-state index contributed by atoms with van der Waals surface area (Å²) in [4.78, 5) is 2.53. The fraction of sp³-hybridized carbons (Fsp3) is 0.733. The van der Waals surface area contributed by atoms with Gasteiger partial charge < -0.3 is 9.73 Å². The zero-order chi connectivity index (χ0) is 12.4. The molecule has 1 saturated heterocycles. The highest BCUT2D eigenvalue weighted by Crippen LogP contribution is 2.22. The summed E-state index contributed by atoms with van der Waals surface area (Å²) < 4.78 is 5.67. The molecule has 0 spiro atoms. The lowest BCUT2D eigenvalue weighted by atomic mass is 9.99. The highest BCUT2D eigenvalue weighted by atomic mass is 16.3. The Labute approximate surface area is 110 Å². The minimum absolute atomic E-state index is 0.767. The van der Waals surface area contributed by atoms with Crippen LogP contribution in [0.5, 0.6) is 0 Å². The van der Waals surface area contributed by atoms with Crippen LogP contribution in [-0.4, -0.2) is 24.0 Å². The zero-order valence-corrected chi connectivity index (χ0v) is 11.3. The Bertz CT molecular complexity index is 376. The van der Waals surface area contributed by atoms with Crippen molar-refractivity contribution in [1.29, 1.82) is 0 Å². The van der Waals surface area contributed by atoms with Crippen molar-refractivity contribution in [2.75, 3.05) is 13.1 Å². The average Bonchev–Trinajstić information content (AvgIpc) is 3.11. The van der Waals surface area contributed by atoms with Gasteiger partial charge in [0, 0.05) is 18.2 Å². The maximum absolute atomic E-state index is 5.67. The molecule has 0 bridgehead atoms. The van der Waals surface area contributed by atoms with Gasteiger partial charge in [0.1, 0.15) is 5.76 Å². The molecule has 1 aliphatic heterocycles. The van der Waals surface area contributed by atoms with Gasteiger partial charge in [-0.05, 0) is 50.8 Å². The van der Waals surface area contributed by atoms with Gasteiger partial charge in [0.2, 0.25) is 0 Å². The highest BCUT2D eigenvalue weighted by Gasteiger charge is 2.22. The quantitative estimate of drug-likeness (QED) is 0.868. The lowest BCUT2D eigenvalue weighted by Crippen LogP contribution is -2.32. The molecule has 0 unspecified atom stereocenters. The lowest BCUT2D eigenvalue weighted by Gasteiger charge is -2.29. The first kappa shape index (κ1) is 12.2. The molecule has 2 aliphatic rings. The largest absolute Gasteiger partial charge is 0.468 e. The van der Waals surface area contributed by atoms with Gasteiger partial charge in [-0.2, -0.15) is 0 Å². The van der Waals surface area contributed by atoms with Gasteiger partial charge in [-0.3, -0.25) is 4.90 Å². The van der Waals surface area contributed by atoms with Crippen LogP contribution in [0, 0.1) is 5.92 Å². The van der Waals surface area contributed by atoms with Crippen LogP contribution in [-0.2, 0) is 13.1 Å². The van der Waals surface area contributed by atoms with Crippen molar-refractivity contribution >= 4 is 0 Å². The van der Waals surface area contributed by atoms with Gasteiger partial charge in [0.05, 0.1) is 12.8 Å². The molecule has 3 rings (SSSR count). The molecular formula is C15H24N2O. The molecule has 0 atom stereocenters. The van der Waals surface area contributed by atoms with Crippen molar-refractivity contribution < 1.29 is 4.42 Å². The van der Waals surface area contributed by atoms with Crippen LogP contribution in [0.1, 0.15) is 43.9 Å². The number of nitrogens with zero attached hydrogens (tertiary/aromatic N) is 1. The Kier molecular flexibility index (Phi) is 3.71. The second kappa shape index (κ2) is 5.45. The van der Waals surface area contributed by atoms with Crippen molar-refractivity contribution in [2.45, 2.75) is 51.7 Å². The van der Waals surface area contributed by atoms with Gasteiger partial charge in [-0.25, -0.2) is 0 Å². The number of furan rings is 1. The summed E-state index contributed by atoms with van der Waals surface area (Å²) in [5, 5.41) is 3.57. The third-order valence-corrected chi connectivity index (χ3v) is 4.24. The monoisotopic (exact) mass is 248 g/mol. The Morgan fingerprint density at radius 1 is 1.28 bits per heavy atom. The van der Waals surface area contributed by atoms with Crippen molar-refractivity contribution in [3.63, 3.8) is 0 Å². The van der Waals surface area contributed by atoms with Crippen LogP contribution < -0.4 is 5.32 Å². The van der Waals surface area contributed by atoms with E-state index in [0.717, 1.165) is 30.8 Å². The summed E-state index contributed by atoms with van der Waals surface area (Å²) in [7, 11) is 0. The number of nitrogens with one attached hydrogen (secondary N) is 1. The molecule has 100 valence electrons. The van der Waals surface area contributed by atoms with Crippen LogP contribution in [0.4, 0.5) is 0 Å². The van der Waals surface area contributed by atoms with Gasteiger partial charge in [-0.1, -0.05) is 6.92 Å². The summed E-state index contributed by atoms with van der Waals surface area (Å²) in [5.74, 6) is 2.06. The van der Waals surface area contributed by atoms with E-state index in [4.69, 9.17) is 4.42 Å². The zero-order valence-electron chi connectivity index (χ0n) is 11.3. The first-order valence-corrected chi connectivity index (χ1v) is 7.32. The second-order valence-corrected chi connectivity index (χ2v) is 5.98. The van der Waals surface area contributed by atoms with E-state index in [2.05, 4.69) is 23.2 Å². The molecule has 3 nitrogen and oxygen atoms in total. The predicted molar refractivity (Wildman–Crippen MR) is 72.2 cm³/mol. The Morgan fingerprint density at radius 3 is 2.78 bits per heavy atom. The molecular weight excluding hydrogens is 224 g/mol. The molecule has 2 heterocycles. The van der Waals surface area contributed by atoms with Gasteiger partial charge in [0.15, 0.2) is 0 Å². The van der Waals surface area contributed by atoms with E-state index in [1.165, 1.54) is 44.3 Å². The summed E-state index contributed by atoms with van der Waals surface area (Å²) >= 11 is 0. The van der Waals surface area contributed by atoms with Crippen LogP contribution in [0.25, 0.3) is 0 Å². The number of likely N-dealkylation sites (tertiary alicyclic amines) is 1.